The Kier molecular flexibility index (Phi) is 5.97. The van der Waals surface area contributed by atoms with Crippen molar-refractivity contribution in [1.82, 2.24) is 35.0 Å². The number of nitrogens with zero attached hydrogens (tertiary/aromatic N) is 5. The lowest BCUT2D eigenvalue weighted by molar-refractivity contribution is 0.237. The van der Waals surface area contributed by atoms with Crippen molar-refractivity contribution in [2.45, 2.75) is 12.8 Å². The number of aromatic nitrogens is 6. The van der Waals surface area contributed by atoms with Gasteiger partial charge in [-0.1, -0.05) is 18.2 Å². The minimum absolute atomic E-state index is 0.316. The smallest absolute Gasteiger partial charge is 0.159 e. The Morgan fingerprint density at radius 2 is 1.82 bits per heavy atom. The molecule has 194 valence electrons. The van der Waals surface area contributed by atoms with Crippen molar-refractivity contribution < 1.29 is 9.13 Å². The number of nitrogens with one attached hydrogen (secondary N) is 2. The Morgan fingerprint density at radius 3 is 2.72 bits per heavy atom. The first-order chi connectivity index (χ1) is 19.2. The highest BCUT2D eigenvalue weighted by Gasteiger charge is 2.17. The van der Waals surface area contributed by atoms with Crippen LogP contribution in [0.4, 0.5) is 4.39 Å². The lowest BCUT2D eigenvalue weighted by Gasteiger charge is -2.15. The average molecular weight is 520 g/mol. The minimum atomic E-state index is -0.316. The summed E-state index contributed by atoms with van der Waals surface area (Å²) in [6, 6.07) is 16.4. The summed E-state index contributed by atoms with van der Waals surface area (Å²) in [5.74, 6) is 1.05. The third-order valence-corrected chi connectivity index (χ3v) is 7.21. The summed E-state index contributed by atoms with van der Waals surface area (Å²) < 4.78 is 19.9. The summed E-state index contributed by atoms with van der Waals surface area (Å²) in [4.78, 5) is 19.5. The highest BCUT2D eigenvalue weighted by Crippen LogP contribution is 2.33. The summed E-state index contributed by atoms with van der Waals surface area (Å²) in [5.41, 5.74) is 6.29. The molecule has 6 aromatic rings. The van der Waals surface area contributed by atoms with Crippen LogP contribution in [0.15, 0.2) is 73.2 Å². The number of likely N-dealkylation sites (tertiary alicyclic amines) is 1. The zero-order chi connectivity index (χ0) is 26.2. The third kappa shape index (κ3) is 4.61. The van der Waals surface area contributed by atoms with Gasteiger partial charge >= 0.3 is 0 Å². The fourth-order valence-electron chi connectivity index (χ4n) is 5.22. The van der Waals surface area contributed by atoms with Gasteiger partial charge in [0.15, 0.2) is 5.82 Å². The number of rotatable bonds is 7. The molecule has 5 heterocycles. The lowest BCUT2D eigenvalue weighted by atomic mass is 10.0. The molecule has 1 saturated heterocycles. The van der Waals surface area contributed by atoms with Crippen molar-refractivity contribution in [3.63, 3.8) is 0 Å². The van der Waals surface area contributed by atoms with E-state index in [1.165, 1.54) is 25.0 Å². The molecule has 9 heteroatoms. The van der Waals surface area contributed by atoms with Crippen molar-refractivity contribution in [2.24, 2.45) is 0 Å². The molecule has 0 bridgehead atoms. The normalized spacial score (nSPS) is 14.0. The number of ether oxygens (including phenoxy) is 1. The molecule has 0 spiro atoms. The molecular weight excluding hydrogens is 493 g/mol. The molecule has 1 aliphatic rings. The minimum Gasteiger partial charge on any atom is -0.491 e. The van der Waals surface area contributed by atoms with Crippen LogP contribution in [0.5, 0.6) is 5.75 Å². The molecule has 8 nitrogen and oxygen atoms in total. The summed E-state index contributed by atoms with van der Waals surface area (Å²) in [6.45, 7) is 3.89. The quantitative estimate of drug-likeness (QED) is 0.275. The molecule has 4 aromatic heterocycles. The van der Waals surface area contributed by atoms with E-state index in [1.54, 1.807) is 18.5 Å². The van der Waals surface area contributed by atoms with Gasteiger partial charge in [0.2, 0.25) is 0 Å². The van der Waals surface area contributed by atoms with E-state index < -0.39 is 0 Å². The van der Waals surface area contributed by atoms with Crippen LogP contribution in [-0.4, -0.2) is 61.3 Å². The van der Waals surface area contributed by atoms with E-state index >= 15 is 0 Å². The van der Waals surface area contributed by atoms with Gasteiger partial charge < -0.3 is 9.72 Å². The van der Waals surface area contributed by atoms with E-state index in [1.807, 2.05) is 36.5 Å². The SMILES string of the molecule is Fc1cccc(-c2nccc3[nH]c(-c4n[nH]c5ccc(-c6cncc(OCCN7CCCC7)c6)cc45)nc23)c1. The van der Waals surface area contributed by atoms with Crippen molar-refractivity contribution in [3.05, 3.63) is 79.0 Å². The van der Waals surface area contributed by atoms with Crippen LogP contribution < -0.4 is 4.74 Å². The van der Waals surface area contributed by atoms with Gasteiger partial charge in [-0.05, 0) is 67.9 Å². The van der Waals surface area contributed by atoms with Crippen molar-refractivity contribution in [2.75, 3.05) is 26.2 Å². The topological polar surface area (TPSA) is 95.6 Å². The Labute approximate surface area is 223 Å². The van der Waals surface area contributed by atoms with E-state index in [4.69, 9.17) is 9.72 Å². The second-order valence-corrected chi connectivity index (χ2v) is 9.79. The van der Waals surface area contributed by atoms with E-state index in [2.05, 4.69) is 36.1 Å². The van der Waals surface area contributed by atoms with Crippen molar-refractivity contribution in [1.29, 1.82) is 0 Å². The number of hydrogen-bond donors (Lipinski definition) is 2. The molecule has 2 aromatic carbocycles. The predicted octanol–water partition coefficient (Wildman–Crippen LogP) is 5.84. The molecule has 0 unspecified atom stereocenters. The Balaban J connectivity index is 1.20. The fraction of sp³-hybridized carbons (Fsp3) is 0.200. The summed E-state index contributed by atoms with van der Waals surface area (Å²) in [5, 5.41) is 8.60. The molecule has 7 rings (SSSR count). The van der Waals surface area contributed by atoms with Gasteiger partial charge in [0, 0.05) is 35.5 Å². The van der Waals surface area contributed by atoms with Crippen molar-refractivity contribution >= 4 is 21.9 Å². The van der Waals surface area contributed by atoms with E-state index in [-0.39, 0.29) is 5.82 Å². The van der Waals surface area contributed by atoms with Gasteiger partial charge in [0.1, 0.15) is 29.4 Å². The summed E-state index contributed by atoms with van der Waals surface area (Å²) in [6.07, 6.45) is 7.84. The van der Waals surface area contributed by atoms with Gasteiger partial charge in [-0.25, -0.2) is 9.37 Å². The monoisotopic (exact) mass is 519 g/mol. The van der Waals surface area contributed by atoms with E-state index in [9.17, 15) is 4.39 Å². The number of aromatic amines is 2. The standard InChI is InChI=1S/C30H26FN7O/c31-22-5-3-4-20(14-22)27-29-26(8-9-33-27)34-30(35-29)28-24-16-19(6-7-25(24)36-37-28)21-15-23(18-32-17-21)39-13-12-38-10-1-2-11-38/h3-9,14-18H,1-2,10-13H2,(H,34,35)(H,36,37). The molecule has 0 radical (unpaired) electrons. The number of pyridine rings is 2. The van der Waals surface area contributed by atoms with Crippen LogP contribution in [0, 0.1) is 5.82 Å². The molecule has 0 amide bonds. The summed E-state index contributed by atoms with van der Waals surface area (Å²) in [7, 11) is 0. The number of H-pyrrole nitrogens is 2. The molecule has 0 aliphatic carbocycles. The number of halogens is 1. The maximum Gasteiger partial charge on any atom is 0.159 e. The fourth-order valence-corrected chi connectivity index (χ4v) is 5.22. The van der Waals surface area contributed by atoms with Gasteiger partial charge in [0.05, 0.1) is 22.9 Å². The second-order valence-electron chi connectivity index (χ2n) is 9.79. The average Bonchev–Trinajstić information content (AvgIpc) is 3.72. The maximum absolute atomic E-state index is 13.9. The molecule has 0 saturated carbocycles. The van der Waals surface area contributed by atoms with Gasteiger partial charge in [-0.15, -0.1) is 0 Å². The van der Waals surface area contributed by atoms with Crippen LogP contribution in [0.2, 0.25) is 0 Å². The largest absolute Gasteiger partial charge is 0.491 e. The predicted molar refractivity (Wildman–Crippen MR) is 149 cm³/mol. The van der Waals surface area contributed by atoms with Crippen molar-refractivity contribution in [3.8, 4) is 39.7 Å². The Hall–Kier alpha value is -4.63. The number of imidazole rings is 1. The first-order valence-corrected chi connectivity index (χ1v) is 13.1. The molecule has 39 heavy (non-hydrogen) atoms. The summed E-state index contributed by atoms with van der Waals surface area (Å²) >= 11 is 0. The molecule has 1 fully saturated rings. The van der Waals surface area contributed by atoms with Crippen LogP contribution in [0.25, 0.3) is 55.8 Å². The molecular formula is C30H26FN7O. The van der Waals surface area contributed by atoms with E-state index in [0.717, 1.165) is 52.9 Å². The maximum atomic E-state index is 13.9. The first-order valence-electron chi connectivity index (χ1n) is 13.1. The van der Waals surface area contributed by atoms with Gasteiger partial charge in [-0.2, -0.15) is 5.10 Å². The Bertz CT molecular complexity index is 1790. The third-order valence-electron chi connectivity index (χ3n) is 7.21. The van der Waals surface area contributed by atoms with Gasteiger partial charge in [0.25, 0.3) is 0 Å². The highest BCUT2D eigenvalue weighted by atomic mass is 19.1. The van der Waals surface area contributed by atoms with Gasteiger partial charge in [-0.3, -0.25) is 20.0 Å². The zero-order valence-electron chi connectivity index (χ0n) is 21.2. The molecule has 0 atom stereocenters. The van der Waals surface area contributed by atoms with E-state index in [0.29, 0.717) is 34.9 Å². The number of hydrogen-bond acceptors (Lipinski definition) is 6. The molecule has 2 N–H and O–H groups in total. The highest BCUT2D eigenvalue weighted by molar-refractivity contribution is 5.97. The lowest BCUT2D eigenvalue weighted by Crippen LogP contribution is -2.25. The zero-order valence-corrected chi connectivity index (χ0v) is 21.2. The van der Waals surface area contributed by atoms with Crippen LogP contribution in [0.3, 0.4) is 0 Å². The Morgan fingerprint density at radius 1 is 0.897 bits per heavy atom. The molecule has 1 aliphatic heterocycles. The first kappa shape index (κ1) is 23.5. The van der Waals surface area contributed by atoms with Crippen LogP contribution in [-0.2, 0) is 0 Å². The second kappa shape index (κ2) is 9.92. The van der Waals surface area contributed by atoms with Crippen LogP contribution >= 0.6 is 0 Å². The van der Waals surface area contributed by atoms with Crippen LogP contribution in [0.1, 0.15) is 12.8 Å². The number of benzene rings is 2. The number of fused-ring (bicyclic) bond motifs is 2.